The summed E-state index contributed by atoms with van der Waals surface area (Å²) in [6.07, 6.45) is 4.82. The fraction of sp³-hybridized carbons (Fsp3) is 0.533. The van der Waals surface area contributed by atoms with E-state index in [1.165, 1.54) is 12.8 Å². The number of ether oxygens (including phenoxy) is 2. The molecular formula is C15H23NO3. The summed E-state index contributed by atoms with van der Waals surface area (Å²) >= 11 is 0. The lowest BCUT2D eigenvalue weighted by Gasteiger charge is -2.09. The zero-order valence-corrected chi connectivity index (χ0v) is 11.6. The van der Waals surface area contributed by atoms with E-state index in [-0.39, 0.29) is 12.6 Å². The first-order chi connectivity index (χ1) is 9.24. The highest BCUT2D eigenvalue weighted by atomic mass is 16.6. The Balaban J connectivity index is 2.07. The Morgan fingerprint density at radius 1 is 1.16 bits per heavy atom. The number of unbranched alkanes of at least 4 members (excludes halogenated alkanes) is 3. The van der Waals surface area contributed by atoms with E-state index in [1.807, 2.05) is 12.1 Å². The van der Waals surface area contributed by atoms with Crippen molar-refractivity contribution >= 4 is 11.7 Å². The molecule has 0 aliphatic rings. The van der Waals surface area contributed by atoms with E-state index in [0.29, 0.717) is 24.5 Å². The monoisotopic (exact) mass is 265 g/mol. The second kappa shape index (κ2) is 9.25. The van der Waals surface area contributed by atoms with E-state index in [4.69, 9.17) is 15.2 Å². The van der Waals surface area contributed by atoms with Gasteiger partial charge in [-0.2, -0.15) is 0 Å². The molecule has 106 valence electrons. The first-order valence-electron chi connectivity index (χ1n) is 6.87. The lowest BCUT2D eigenvalue weighted by molar-refractivity contribution is -0.144. The largest absolute Gasteiger partial charge is 0.488 e. The molecule has 0 saturated heterocycles. The molecule has 1 rings (SSSR count). The van der Waals surface area contributed by atoms with Gasteiger partial charge in [0.1, 0.15) is 19.0 Å². The van der Waals surface area contributed by atoms with Crippen molar-refractivity contribution in [2.45, 2.75) is 39.0 Å². The third kappa shape index (κ3) is 6.70. The van der Waals surface area contributed by atoms with E-state index >= 15 is 0 Å². The Morgan fingerprint density at radius 3 is 2.68 bits per heavy atom. The van der Waals surface area contributed by atoms with Gasteiger partial charge in [-0.1, -0.05) is 38.3 Å². The summed E-state index contributed by atoms with van der Waals surface area (Å²) < 4.78 is 10.5. The van der Waals surface area contributed by atoms with Crippen LogP contribution in [-0.4, -0.2) is 19.2 Å². The van der Waals surface area contributed by atoms with Gasteiger partial charge in [0, 0.05) is 6.42 Å². The number of nitrogen functional groups attached to an aromatic ring is 1. The lowest BCUT2D eigenvalue weighted by Crippen LogP contribution is -2.12. The number of nitrogens with two attached hydrogens (primary N) is 1. The van der Waals surface area contributed by atoms with E-state index in [2.05, 4.69) is 6.92 Å². The van der Waals surface area contributed by atoms with E-state index in [0.717, 1.165) is 12.8 Å². The predicted molar refractivity (Wildman–Crippen MR) is 76.1 cm³/mol. The molecule has 0 spiro atoms. The highest BCUT2D eigenvalue weighted by molar-refractivity contribution is 5.69. The SMILES string of the molecule is CCCCCCC(=O)OCCOc1ccccc1N. The number of carbonyl (C=O) groups excluding carboxylic acids is 1. The minimum absolute atomic E-state index is 0.152. The van der Waals surface area contributed by atoms with Crippen molar-refractivity contribution in [2.75, 3.05) is 18.9 Å². The molecule has 0 aliphatic carbocycles. The summed E-state index contributed by atoms with van der Waals surface area (Å²) in [5, 5.41) is 0. The molecule has 1 aromatic rings. The third-order valence-electron chi connectivity index (χ3n) is 2.76. The van der Waals surface area contributed by atoms with Gasteiger partial charge in [-0.3, -0.25) is 4.79 Å². The summed E-state index contributed by atoms with van der Waals surface area (Å²) in [5.74, 6) is 0.474. The molecule has 1 aromatic carbocycles. The Kier molecular flexibility index (Phi) is 7.47. The van der Waals surface area contributed by atoms with Gasteiger partial charge in [0.05, 0.1) is 5.69 Å². The highest BCUT2D eigenvalue weighted by Gasteiger charge is 2.03. The minimum Gasteiger partial charge on any atom is -0.488 e. The number of esters is 1. The van der Waals surface area contributed by atoms with Crippen LogP contribution in [0.2, 0.25) is 0 Å². The fourth-order valence-electron chi connectivity index (χ4n) is 1.69. The van der Waals surface area contributed by atoms with Gasteiger partial charge in [0.25, 0.3) is 0 Å². The lowest BCUT2D eigenvalue weighted by atomic mass is 10.2. The molecule has 4 heteroatoms. The number of rotatable bonds is 9. The van der Waals surface area contributed by atoms with Crippen LogP contribution in [-0.2, 0) is 9.53 Å². The molecule has 0 amide bonds. The molecule has 0 radical (unpaired) electrons. The molecule has 0 fully saturated rings. The predicted octanol–water partition coefficient (Wildman–Crippen LogP) is 3.16. The molecule has 19 heavy (non-hydrogen) atoms. The van der Waals surface area contributed by atoms with Crippen LogP contribution in [0.1, 0.15) is 39.0 Å². The summed E-state index contributed by atoms with van der Waals surface area (Å²) in [4.78, 5) is 11.4. The van der Waals surface area contributed by atoms with E-state index < -0.39 is 0 Å². The summed E-state index contributed by atoms with van der Waals surface area (Å²) in [5.41, 5.74) is 6.32. The minimum atomic E-state index is -0.152. The van der Waals surface area contributed by atoms with Crippen molar-refractivity contribution in [2.24, 2.45) is 0 Å². The standard InChI is InChI=1S/C15H23NO3/c1-2-3-4-5-10-15(17)19-12-11-18-14-9-7-6-8-13(14)16/h6-9H,2-5,10-12,16H2,1H3. The molecule has 0 saturated carbocycles. The van der Waals surface area contributed by atoms with Crippen molar-refractivity contribution in [3.63, 3.8) is 0 Å². The average Bonchev–Trinajstić information content (AvgIpc) is 2.41. The smallest absolute Gasteiger partial charge is 0.305 e. The summed E-state index contributed by atoms with van der Waals surface area (Å²) in [6.45, 7) is 2.74. The summed E-state index contributed by atoms with van der Waals surface area (Å²) in [7, 11) is 0. The Bertz CT molecular complexity index is 379. The quantitative estimate of drug-likeness (QED) is 0.423. The van der Waals surface area contributed by atoms with Gasteiger partial charge in [-0.15, -0.1) is 0 Å². The fourth-order valence-corrected chi connectivity index (χ4v) is 1.69. The Hall–Kier alpha value is -1.71. The van der Waals surface area contributed by atoms with Gasteiger partial charge in [0.2, 0.25) is 0 Å². The molecule has 2 N–H and O–H groups in total. The van der Waals surface area contributed by atoms with E-state index in [1.54, 1.807) is 12.1 Å². The normalized spacial score (nSPS) is 10.2. The van der Waals surface area contributed by atoms with Crippen molar-refractivity contribution in [3.05, 3.63) is 24.3 Å². The molecular weight excluding hydrogens is 242 g/mol. The number of benzene rings is 1. The van der Waals surface area contributed by atoms with Crippen LogP contribution in [0.25, 0.3) is 0 Å². The number of anilines is 1. The topological polar surface area (TPSA) is 61.5 Å². The number of hydrogen-bond donors (Lipinski definition) is 1. The number of hydrogen-bond acceptors (Lipinski definition) is 4. The van der Waals surface area contributed by atoms with Crippen molar-refractivity contribution in [1.82, 2.24) is 0 Å². The first-order valence-corrected chi connectivity index (χ1v) is 6.87. The van der Waals surface area contributed by atoms with Gasteiger partial charge in [-0.25, -0.2) is 0 Å². The highest BCUT2D eigenvalue weighted by Crippen LogP contribution is 2.19. The van der Waals surface area contributed by atoms with Crippen LogP contribution in [0.4, 0.5) is 5.69 Å². The number of para-hydroxylation sites is 2. The first kappa shape index (κ1) is 15.3. The molecule has 0 heterocycles. The molecule has 0 atom stereocenters. The second-order valence-electron chi connectivity index (χ2n) is 4.42. The third-order valence-corrected chi connectivity index (χ3v) is 2.76. The zero-order valence-electron chi connectivity index (χ0n) is 11.6. The van der Waals surface area contributed by atoms with Crippen LogP contribution in [0.5, 0.6) is 5.75 Å². The Labute approximate surface area is 114 Å². The molecule has 0 unspecified atom stereocenters. The molecule has 0 aliphatic heterocycles. The van der Waals surface area contributed by atoms with Gasteiger partial charge in [0.15, 0.2) is 0 Å². The molecule has 0 bridgehead atoms. The molecule has 4 nitrogen and oxygen atoms in total. The van der Waals surface area contributed by atoms with Crippen LogP contribution < -0.4 is 10.5 Å². The van der Waals surface area contributed by atoms with Crippen molar-refractivity contribution < 1.29 is 14.3 Å². The average molecular weight is 265 g/mol. The van der Waals surface area contributed by atoms with Gasteiger partial charge in [-0.05, 0) is 18.6 Å². The summed E-state index contributed by atoms with van der Waals surface area (Å²) in [6, 6.07) is 7.26. The van der Waals surface area contributed by atoms with E-state index in [9.17, 15) is 4.79 Å². The van der Waals surface area contributed by atoms with Crippen LogP contribution in [0.15, 0.2) is 24.3 Å². The number of carbonyl (C=O) groups is 1. The van der Waals surface area contributed by atoms with Gasteiger partial charge >= 0.3 is 5.97 Å². The maximum atomic E-state index is 11.4. The zero-order chi connectivity index (χ0) is 13.9. The second-order valence-corrected chi connectivity index (χ2v) is 4.42. The maximum absolute atomic E-state index is 11.4. The molecule has 0 aromatic heterocycles. The van der Waals surface area contributed by atoms with Crippen molar-refractivity contribution in [3.8, 4) is 5.75 Å². The van der Waals surface area contributed by atoms with Crippen LogP contribution >= 0.6 is 0 Å². The Morgan fingerprint density at radius 2 is 1.95 bits per heavy atom. The van der Waals surface area contributed by atoms with Crippen LogP contribution in [0.3, 0.4) is 0 Å². The van der Waals surface area contributed by atoms with Crippen molar-refractivity contribution in [1.29, 1.82) is 0 Å². The van der Waals surface area contributed by atoms with Gasteiger partial charge < -0.3 is 15.2 Å². The van der Waals surface area contributed by atoms with Crippen LogP contribution in [0, 0.1) is 0 Å². The maximum Gasteiger partial charge on any atom is 0.305 e.